The van der Waals surface area contributed by atoms with Crippen molar-refractivity contribution in [2.45, 2.75) is 0 Å². The molecule has 50 heavy (non-hydrogen) atoms. The van der Waals surface area contributed by atoms with E-state index in [0.29, 0.717) is 0 Å². The third kappa shape index (κ3) is 5.63. The van der Waals surface area contributed by atoms with E-state index < -0.39 is 0 Å². The molecule has 0 aliphatic rings. The molecule has 236 valence electrons. The zero-order valence-corrected chi connectivity index (χ0v) is 27.5. The van der Waals surface area contributed by atoms with Crippen LogP contribution in [0.4, 0.5) is 11.4 Å². The summed E-state index contributed by atoms with van der Waals surface area (Å²) >= 11 is 0. The van der Waals surface area contributed by atoms with Crippen LogP contribution in [0.1, 0.15) is 0 Å². The van der Waals surface area contributed by atoms with E-state index in [1.54, 1.807) is 0 Å². The summed E-state index contributed by atoms with van der Waals surface area (Å²) in [5.41, 5.74) is 15.4. The summed E-state index contributed by atoms with van der Waals surface area (Å²) in [6.45, 7) is 0. The Bertz CT molecular complexity index is 2550. The van der Waals surface area contributed by atoms with Gasteiger partial charge in [-0.05, 0) is 93.0 Å². The molecule has 2 heteroatoms. The molecule has 0 saturated carbocycles. The molecule has 9 rings (SSSR count). The van der Waals surface area contributed by atoms with Gasteiger partial charge >= 0.3 is 0 Å². The second-order valence-electron chi connectivity index (χ2n) is 12.7. The average Bonchev–Trinajstić information content (AvgIpc) is 3.53. The van der Waals surface area contributed by atoms with Crippen LogP contribution >= 0.6 is 0 Å². The van der Waals surface area contributed by atoms with Gasteiger partial charge in [-0.15, -0.1) is 0 Å². The molecule has 0 aliphatic carbocycles. The molecule has 0 unspecified atom stereocenters. The number of fused-ring (bicyclic) bond motifs is 3. The largest absolute Gasteiger partial charge is 0.356 e. The highest BCUT2D eigenvalue weighted by atomic mass is 15.0. The van der Waals surface area contributed by atoms with Gasteiger partial charge in [-0.25, -0.2) is 0 Å². The van der Waals surface area contributed by atoms with Crippen LogP contribution in [0.3, 0.4) is 0 Å². The van der Waals surface area contributed by atoms with E-state index >= 15 is 0 Å². The van der Waals surface area contributed by atoms with Crippen LogP contribution in [0.5, 0.6) is 0 Å². The Kier molecular flexibility index (Phi) is 7.53. The van der Waals surface area contributed by atoms with Gasteiger partial charge in [-0.2, -0.15) is 0 Å². The lowest BCUT2D eigenvalue weighted by Gasteiger charge is -2.11. The van der Waals surface area contributed by atoms with E-state index in [9.17, 15) is 0 Å². The molecule has 0 amide bonds. The third-order valence-electron chi connectivity index (χ3n) is 9.62. The van der Waals surface area contributed by atoms with Crippen LogP contribution in [0.25, 0.3) is 72.0 Å². The Hall–Kier alpha value is -6.64. The highest BCUT2D eigenvalue weighted by Crippen LogP contribution is 2.36. The van der Waals surface area contributed by atoms with Crippen LogP contribution in [0.15, 0.2) is 200 Å². The van der Waals surface area contributed by atoms with Gasteiger partial charge in [-0.1, -0.05) is 152 Å². The van der Waals surface area contributed by atoms with Crippen LogP contribution in [-0.2, 0) is 0 Å². The van der Waals surface area contributed by atoms with E-state index in [4.69, 9.17) is 0 Å². The lowest BCUT2D eigenvalue weighted by molar-refractivity contribution is 1.18. The van der Waals surface area contributed by atoms with Crippen molar-refractivity contribution in [2.24, 2.45) is 0 Å². The number of nitrogens with one attached hydrogen (secondary N) is 1. The Morgan fingerprint density at radius 3 is 1.20 bits per heavy atom. The Morgan fingerprint density at radius 2 is 0.660 bits per heavy atom. The predicted octanol–water partition coefficient (Wildman–Crippen LogP) is 13.2. The van der Waals surface area contributed by atoms with E-state index in [-0.39, 0.29) is 0 Å². The SMILES string of the molecule is c1ccc(-c2ccc(Nc3ccc(-c4ccc(-c5ccc6c7ccccc7n(-c7ccc(-c8ccccc8)cc7)c6c5)cc4)cc3)cc2)cc1. The maximum atomic E-state index is 3.54. The molecular weight excluding hydrogens is 605 g/mol. The number of aromatic nitrogens is 1. The summed E-state index contributed by atoms with van der Waals surface area (Å²) in [6, 6.07) is 71.7. The quantitative estimate of drug-likeness (QED) is 0.184. The van der Waals surface area contributed by atoms with Crippen molar-refractivity contribution in [1.29, 1.82) is 0 Å². The third-order valence-corrected chi connectivity index (χ3v) is 9.62. The van der Waals surface area contributed by atoms with E-state index in [1.807, 2.05) is 6.07 Å². The van der Waals surface area contributed by atoms with Gasteiger partial charge in [0.2, 0.25) is 0 Å². The molecule has 1 N–H and O–H groups in total. The lowest BCUT2D eigenvalue weighted by Crippen LogP contribution is -1.94. The Labute approximate surface area is 292 Å². The number of hydrogen-bond donors (Lipinski definition) is 1. The zero-order valence-electron chi connectivity index (χ0n) is 27.5. The van der Waals surface area contributed by atoms with Crippen molar-refractivity contribution in [1.82, 2.24) is 4.57 Å². The minimum atomic E-state index is 1.07. The normalized spacial score (nSPS) is 11.2. The Morgan fingerprint density at radius 1 is 0.280 bits per heavy atom. The van der Waals surface area contributed by atoms with Gasteiger partial charge in [0.25, 0.3) is 0 Å². The number of hydrogen-bond acceptors (Lipinski definition) is 1. The first-order valence-electron chi connectivity index (χ1n) is 17.1. The number of rotatable bonds is 7. The highest BCUT2D eigenvalue weighted by Gasteiger charge is 2.14. The van der Waals surface area contributed by atoms with Gasteiger partial charge in [-0.3, -0.25) is 0 Å². The monoisotopic (exact) mass is 638 g/mol. The first kappa shape index (κ1) is 29.5. The number of benzene rings is 8. The molecule has 1 heterocycles. The first-order chi connectivity index (χ1) is 24.8. The van der Waals surface area contributed by atoms with Crippen LogP contribution in [0.2, 0.25) is 0 Å². The van der Waals surface area contributed by atoms with Gasteiger partial charge in [0.15, 0.2) is 0 Å². The van der Waals surface area contributed by atoms with Gasteiger partial charge in [0.05, 0.1) is 11.0 Å². The average molecular weight is 639 g/mol. The van der Waals surface area contributed by atoms with Gasteiger partial charge in [0.1, 0.15) is 0 Å². The molecule has 0 atom stereocenters. The summed E-state index contributed by atoms with van der Waals surface area (Å²) < 4.78 is 2.39. The molecule has 2 nitrogen and oxygen atoms in total. The van der Waals surface area contributed by atoms with Crippen molar-refractivity contribution in [3.05, 3.63) is 200 Å². The van der Waals surface area contributed by atoms with Crippen LogP contribution in [0, 0.1) is 0 Å². The van der Waals surface area contributed by atoms with Crippen molar-refractivity contribution in [3.63, 3.8) is 0 Å². The molecule has 8 aromatic carbocycles. The molecule has 0 bridgehead atoms. The molecule has 0 aliphatic heterocycles. The van der Waals surface area contributed by atoms with Crippen molar-refractivity contribution in [3.8, 4) is 50.2 Å². The molecule has 0 spiro atoms. The molecule has 0 radical (unpaired) electrons. The van der Waals surface area contributed by atoms with Crippen molar-refractivity contribution in [2.75, 3.05) is 5.32 Å². The number of anilines is 2. The molecular formula is C48H34N2. The minimum absolute atomic E-state index is 1.07. The Balaban J connectivity index is 0.972. The summed E-state index contributed by atoms with van der Waals surface area (Å²) in [6.07, 6.45) is 0. The number of para-hydroxylation sites is 1. The van der Waals surface area contributed by atoms with Crippen molar-refractivity contribution < 1.29 is 0 Å². The first-order valence-corrected chi connectivity index (χ1v) is 17.1. The van der Waals surface area contributed by atoms with Crippen LogP contribution < -0.4 is 5.32 Å². The minimum Gasteiger partial charge on any atom is -0.356 e. The fourth-order valence-electron chi connectivity index (χ4n) is 7.01. The second kappa shape index (κ2) is 12.8. The maximum Gasteiger partial charge on any atom is 0.0547 e. The van der Waals surface area contributed by atoms with Crippen LogP contribution in [-0.4, -0.2) is 4.57 Å². The smallest absolute Gasteiger partial charge is 0.0547 e. The topological polar surface area (TPSA) is 17.0 Å². The zero-order chi connectivity index (χ0) is 33.3. The fraction of sp³-hybridized carbons (Fsp3) is 0. The van der Waals surface area contributed by atoms with Crippen molar-refractivity contribution >= 4 is 33.2 Å². The van der Waals surface area contributed by atoms with Gasteiger partial charge in [0, 0.05) is 27.8 Å². The predicted molar refractivity (Wildman–Crippen MR) is 212 cm³/mol. The number of nitrogens with zero attached hydrogens (tertiary/aromatic N) is 1. The fourth-order valence-corrected chi connectivity index (χ4v) is 7.01. The molecule has 9 aromatic rings. The van der Waals surface area contributed by atoms with Gasteiger partial charge < -0.3 is 9.88 Å². The van der Waals surface area contributed by atoms with E-state index in [0.717, 1.165) is 17.1 Å². The van der Waals surface area contributed by atoms with E-state index in [2.05, 4.69) is 204 Å². The molecule has 0 saturated heterocycles. The second-order valence-corrected chi connectivity index (χ2v) is 12.7. The maximum absolute atomic E-state index is 3.54. The molecule has 0 fully saturated rings. The summed E-state index contributed by atoms with van der Waals surface area (Å²) in [7, 11) is 0. The standard InChI is InChI=1S/C48H34N2/c1-3-9-34(10-4-1)37-19-26-42(27-20-37)49-43-28-21-38(22-29-43)36-15-17-40(18-16-36)41-25-32-46-45-13-7-8-14-47(45)50(48(46)33-41)44-30-23-39(24-31-44)35-11-5-2-6-12-35/h1-33,49H. The van der Waals surface area contributed by atoms with E-state index in [1.165, 1.54) is 66.3 Å². The highest BCUT2D eigenvalue weighted by molar-refractivity contribution is 6.10. The molecule has 1 aromatic heterocycles. The lowest BCUT2D eigenvalue weighted by atomic mass is 9.99. The summed E-state index contributed by atoms with van der Waals surface area (Å²) in [5.74, 6) is 0. The summed E-state index contributed by atoms with van der Waals surface area (Å²) in [5, 5.41) is 6.06. The summed E-state index contributed by atoms with van der Waals surface area (Å²) in [4.78, 5) is 0.